The van der Waals surface area contributed by atoms with Crippen molar-refractivity contribution >= 4 is 35.4 Å². The molecular weight excluding hydrogens is 476 g/mol. The van der Waals surface area contributed by atoms with Gasteiger partial charge in [0.1, 0.15) is 0 Å². The van der Waals surface area contributed by atoms with Crippen molar-refractivity contribution in [2.75, 3.05) is 13.2 Å². The van der Waals surface area contributed by atoms with Gasteiger partial charge >= 0.3 is 12.3 Å². The Hall–Kier alpha value is -4.20. The highest BCUT2D eigenvalue weighted by Gasteiger charge is 2.43. The molecule has 4 rings (SSSR count). The van der Waals surface area contributed by atoms with Gasteiger partial charge in [0.15, 0.2) is 23.1 Å². The molecule has 0 amide bonds. The number of ketones is 2. The van der Waals surface area contributed by atoms with Gasteiger partial charge in [0.05, 0.1) is 24.4 Å². The molecule has 2 aromatic carbocycles. The van der Waals surface area contributed by atoms with Crippen molar-refractivity contribution in [3.63, 3.8) is 0 Å². The first-order chi connectivity index (χ1) is 17.6. The smallest absolute Gasteiger partial charge is 0.434 e. The molecule has 2 aliphatic rings. The molecule has 8 heteroatoms. The van der Waals surface area contributed by atoms with Crippen LogP contribution in [0.4, 0.5) is 9.59 Å². The maximum absolute atomic E-state index is 13.8. The van der Waals surface area contributed by atoms with Crippen molar-refractivity contribution in [3.05, 3.63) is 81.4 Å². The number of fused-ring (bicyclic) bond motifs is 3. The summed E-state index contributed by atoms with van der Waals surface area (Å²) in [6.07, 6.45) is -2.02. The highest BCUT2D eigenvalue weighted by molar-refractivity contribution is 6.34. The number of hydrogen-bond acceptors (Lipinski definition) is 8. The second-order valence-electron chi connectivity index (χ2n) is 9.77. The number of carbonyl (C=O) groups is 4. The summed E-state index contributed by atoms with van der Waals surface area (Å²) in [6, 6.07) is 11.4. The average Bonchev–Trinajstić information content (AvgIpc) is 2.85. The Morgan fingerprint density at radius 1 is 0.676 bits per heavy atom. The van der Waals surface area contributed by atoms with Crippen molar-refractivity contribution in [3.8, 4) is 0 Å². The second-order valence-corrected chi connectivity index (χ2v) is 9.77. The summed E-state index contributed by atoms with van der Waals surface area (Å²) in [7, 11) is 0. The van der Waals surface area contributed by atoms with E-state index in [1.54, 1.807) is 42.5 Å². The highest BCUT2D eigenvalue weighted by Crippen LogP contribution is 2.45. The molecule has 0 bridgehead atoms. The summed E-state index contributed by atoms with van der Waals surface area (Å²) in [5.74, 6) is -1.22. The van der Waals surface area contributed by atoms with Crippen LogP contribution in [-0.2, 0) is 18.9 Å². The van der Waals surface area contributed by atoms with Gasteiger partial charge in [-0.25, -0.2) is 9.59 Å². The molecule has 0 aromatic heterocycles. The molecule has 0 unspecified atom stereocenters. The van der Waals surface area contributed by atoms with Crippen LogP contribution >= 0.6 is 0 Å². The van der Waals surface area contributed by atoms with Gasteiger partial charge in [0.25, 0.3) is 0 Å². The Bertz CT molecular complexity index is 1360. The minimum absolute atomic E-state index is 0.0585. The van der Waals surface area contributed by atoms with Gasteiger partial charge in [-0.15, -0.1) is 0 Å². The van der Waals surface area contributed by atoms with E-state index in [0.29, 0.717) is 0 Å². The van der Waals surface area contributed by atoms with E-state index < -0.39 is 23.9 Å². The van der Waals surface area contributed by atoms with Crippen molar-refractivity contribution in [2.24, 2.45) is 11.8 Å². The lowest BCUT2D eigenvalue weighted by atomic mass is 9.76. The molecule has 0 fully saturated rings. The lowest BCUT2D eigenvalue weighted by Gasteiger charge is -2.29. The van der Waals surface area contributed by atoms with E-state index in [1.807, 2.05) is 34.6 Å². The van der Waals surface area contributed by atoms with E-state index in [-0.39, 0.29) is 70.0 Å². The summed E-state index contributed by atoms with van der Waals surface area (Å²) < 4.78 is 21.5. The standard InChI is InChI=1S/C29H28O8/c1-15(2)13-34-28(32)36-26-20-9-7-6-8-18(20)24(30)23-22(26)25(31)19-11-10-17(5)12-21(19)27(23)37-29(33)35-14-16(3)4/h6-12,15-16H,13-14H2,1-5H3. The number of aryl methyl sites for hydroxylation is 1. The van der Waals surface area contributed by atoms with Gasteiger partial charge in [0, 0.05) is 22.3 Å². The monoisotopic (exact) mass is 504 g/mol. The number of allylic oxidation sites excluding steroid dienone is 2. The summed E-state index contributed by atoms with van der Waals surface area (Å²) in [4.78, 5) is 52.7. The molecule has 0 saturated heterocycles. The number of ether oxygens (including phenoxy) is 4. The molecule has 37 heavy (non-hydrogen) atoms. The second kappa shape index (κ2) is 10.4. The lowest BCUT2D eigenvalue weighted by Crippen LogP contribution is -2.29. The maximum Gasteiger partial charge on any atom is 0.513 e. The molecule has 0 radical (unpaired) electrons. The quantitative estimate of drug-likeness (QED) is 0.433. The van der Waals surface area contributed by atoms with Crippen LogP contribution in [0.5, 0.6) is 0 Å². The molecular formula is C29H28O8. The number of benzene rings is 2. The normalized spacial score (nSPS) is 14.4. The van der Waals surface area contributed by atoms with E-state index in [1.165, 1.54) is 0 Å². The topological polar surface area (TPSA) is 105 Å². The molecule has 0 atom stereocenters. The van der Waals surface area contributed by atoms with E-state index >= 15 is 0 Å². The fourth-order valence-electron chi connectivity index (χ4n) is 4.03. The van der Waals surface area contributed by atoms with Crippen molar-refractivity contribution in [2.45, 2.75) is 34.6 Å². The van der Waals surface area contributed by atoms with Crippen LogP contribution in [0.15, 0.2) is 53.6 Å². The summed E-state index contributed by atoms with van der Waals surface area (Å²) in [5.41, 5.74) is 1.36. The molecule has 0 heterocycles. The molecule has 2 aromatic rings. The number of rotatable bonds is 6. The molecule has 0 saturated carbocycles. The SMILES string of the molecule is Cc1ccc2c(c1)C(OC(=O)OCC(C)C)=C1C(=O)c3ccccc3C(OC(=O)OCC(C)C)=C1C2=O. The summed E-state index contributed by atoms with van der Waals surface area (Å²) in [6.45, 7) is 9.52. The van der Waals surface area contributed by atoms with Crippen LogP contribution in [0.1, 0.15) is 65.1 Å². The van der Waals surface area contributed by atoms with Gasteiger partial charge in [-0.2, -0.15) is 0 Å². The third-order valence-corrected chi connectivity index (χ3v) is 5.68. The van der Waals surface area contributed by atoms with E-state index in [0.717, 1.165) is 5.56 Å². The van der Waals surface area contributed by atoms with Crippen molar-refractivity contribution in [1.29, 1.82) is 0 Å². The third kappa shape index (κ3) is 5.18. The first-order valence-electron chi connectivity index (χ1n) is 12.1. The van der Waals surface area contributed by atoms with Gasteiger partial charge in [-0.1, -0.05) is 69.7 Å². The van der Waals surface area contributed by atoms with Crippen molar-refractivity contribution < 1.29 is 38.1 Å². The third-order valence-electron chi connectivity index (χ3n) is 5.68. The average molecular weight is 505 g/mol. The molecule has 0 N–H and O–H groups in total. The van der Waals surface area contributed by atoms with E-state index in [4.69, 9.17) is 18.9 Å². The predicted octanol–water partition coefficient (Wildman–Crippen LogP) is 6.13. The maximum atomic E-state index is 13.8. The van der Waals surface area contributed by atoms with Crippen molar-refractivity contribution in [1.82, 2.24) is 0 Å². The largest absolute Gasteiger partial charge is 0.513 e. The first kappa shape index (κ1) is 25.9. The zero-order valence-corrected chi connectivity index (χ0v) is 21.4. The lowest BCUT2D eigenvalue weighted by molar-refractivity contribution is 0.0770. The van der Waals surface area contributed by atoms with Gasteiger partial charge in [-0.3, -0.25) is 9.59 Å². The molecule has 2 aliphatic carbocycles. The Morgan fingerprint density at radius 3 is 1.65 bits per heavy atom. The predicted molar refractivity (Wildman–Crippen MR) is 135 cm³/mol. The fraction of sp³-hybridized carbons (Fsp3) is 0.310. The highest BCUT2D eigenvalue weighted by atomic mass is 16.7. The molecule has 192 valence electrons. The summed E-state index contributed by atoms with van der Waals surface area (Å²) >= 11 is 0. The van der Waals surface area contributed by atoms with Crippen LogP contribution in [-0.4, -0.2) is 37.1 Å². The zero-order chi connectivity index (χ0) is 26.9. The van der Waals surface area contributed by atoms with Crippen LogP contribution in [0.25, 0.3) is 11.5 Å². The van der Waals surface area contributed by atoms with E-state index in [9.17, 15) is 19.2 Å². The van der Waals surface area contributed by atoms with Gasteiger partial charge < -0.3 is 18.9 Å². The summed E-state index contributed by atoms with van der Waals surface area (Å²) in [5, 5.41) is 0. The molecule has 0 spiro atoms. The number of Topliss-reactive ketones (excluding diaryl/α,β-unsaturated/α-hetero) is 2. The number of hydrogen-bond donors (Lipinski definition) is 0. The Kier molecular flexibility index (Phi) is 7.29. The minimum atomic E-state index is -1.01. The zero-order valence-electron chi connectivity index (χ0n) is 21.4. The Labute approximate surface area is 214 Å². The number of carbonyl (C=O) groups excluding carboxylic acids is 4. The van der Waals surface area contributed by atoms with Crippen LogP contribution in [0.2, 0.25) is 0 Å². The minimum Gasteiger partial charge on any atom is -0.434 e. The van der Waals surface area contributed by atoms with Crippen LogP contribution < -0.4 is 0 Å². The van der Waals surface area contributed by atoms with E-state index in [2.05, 4.69) is 0 Å². The van der Waals surface area contributed by atoms with Gasteiger partial charge in [-0.05, 0) is 24.8 Å². The Morgan fingerprint density at radius 2 is 1.14 bits per heavy atom. The Balaban J connectivity index is 1.93. The molecule has 8 nitrogen and oxygen atoms in total. The van der Waals surface area contributed by atoms with Crippen LogP contribution in [0, 0.1) is 18.8 Å². The first-order valence-corrected chi connectivity index (χ1v) is 12.1. The van der Waals surface area contributed by atoms with Gasteiger partial charge in [0.2, 0.25) is 0 Å². The van der Waals surface area contributed by atoms with Crippen LogP contribution in [0.3, 0.4) is 0 Å². The fourth-order valence-corrected chi connectivity index (χ4v) is 4.03. The molecule has 0 aliphatic heterocycles.